The van der Waals surface area contributed by atoms with Gasteiger partial charge in [-0.3, -0.25) is 4.79 Å². The van der Waals surface area contributed by atoms with Crippen LogP contribution >= 0.6 is 23.2 Å². The average molecular weight is 380 g/mol. The molecule has 0 saturated heterocycles. The number of hydrogen-bond acceptors (Lipinski definition) is 4. The number of ether oxygens (including phenoxy) is 2. The topological polar surface area (TPSA) is 64.6 Å². The van der Waals surface area contributed by atoms with Crippen LogP contribution in [0.15, 0.2) is 42.5 Å². The molecule has 0 aromatic heterocycles. The van der Waals surface area contributed by atoms with E-state index in [2.05, 4.69) is 5.32 Å². The van der Waals surface area contributed by atoms with Crippen molar-refractivity contribution in [3.63, 3.8) is 0 Å². The van der Waals surface area contributed by atoms with Crippen LogP contribution < -0.4 is 10.1 Å². The van der Waals surface area contributed by atoms with E-state index in [0.717, 1.165) is 11.3 Å². The molecule has 7 heteroatoms. The summed E-state index contributed by atoms with van der Waals surface area (Å²) < 4.78 is 10.6. The molecule has 1 aliphatic heterocycles. The summed E-state index contributed by atoms with van der Waals surface area (Å²) in [6, 6.07) is 11.8. The Bertz CT molecular complexity index is 809. The Morgan fingerprint density at radius 1 is 1.16 bits per heavy atom. The smallest absolute Gasteiger partial charge is 0.338 e. The molecule has 0 fully saturated rings. The number of hydrogen-bond donors (Lipinski definition) is 1. The minimum atomic E-state index is -0.638. The molecule has 0 bridgehead atoms. The lowest BCUT2D eigenvalue weighted by atomic mass is 10.0. The van der Waals surface area contributed by atoms with Crippen molar-refractivity contribution < 1.29 is 19.1 Å². The summed E-state index contributed by atoms with van der Waals surface area (Å²) in [4.78, 5) is 24.1. The molecule has 3 rings (SSSR count). The van der Waals surface area contributed by atoms with Gasteiger partial charge < -0.3 is 14.8 Å². The fourth-order valence-corrected chi connectivity index (χ4v) is 2.86. The van der Waals surface area contributed by atoms with Gasteiger partial charge in [0.25, 0.3) is 5.91 Å². The zero-order valence-corrected chi connectivity index (χ0v) is 14.6. The first-order valence-electron chi connectivity index (χ1n) is 7.68. The molecule has 5 nitrogen and oxygen atoms in total. The first kappa shape index (κ1) is 17.6. The maximum atomic E-state index is 12.1. The predicted molar refractivity (Wildman–Crippen MR) is 94.2 cm³/mol. The summed E-state index contributed by atoms with van der Waals surface area (Å²) in [6.45, 7) is 0.142. The fraction of sp³-hybridized carbons (Fsp3) is 0.222. The number of fused-ring (bicyclic) bond motifs is 1. The maximum absolute atomic E-state index is 12.1. The van der Waals surface area contributed by atoms with E-state index < -0.39 is 5.97 Å². The number of halogens is 2. The average Bonchev–Trinajstić information content (AvgIpc) is 2.62. The third-order valence-electron chi connectivity index (χ3n) is 3.78. The molecule has 130 valence electrons. The Balaban J connectivity index is 1.57. The maximum Gasteiger partial charge on any atom is 0.338 e. The second kappa shape index (κ2) is 7.76. The molecule has 0 unspecified atom stereocenters. The fourth-order valence-electron chi connectivity index (χ4n) is 2.57. The lowest BCUT2D eigenvalue weighted by Gasteiger charge is -2.26. The Hall–Kier alpha value is -2.24. The molecule has 1 heterocycles. The van der Waals surface area contributed by atoms with Crippen LogP contribution in [0.25, 0.3) is 0 Å². The third-order valence-corrected chi connectivity index (χ3v) is 4.52. The minimum absolute atomic E-state index is 0.166. The van der Waals surface area contributed by atoms with Gasteiger partial charge in [0.2, 0.25) is 0 Å². The number of nitrogens with one attached hydrogen (secondary N) is 1. The second-order valence-electron chi connectivity index (χ2n) is 5.50. The standard InChI is InChI=1S/C18H15Cl2NO4/c19-13-6-5-11(9-14(13)20)18(23)25-10-17(22)21-15-7-8-24-16-4-2-1-3-12(15)16/h1-6,9,15H,7-8,10H2,(H,21,22)/t15-/m0/s1. The lowest BCUT2D eigenvalue weighted by Crippen LogP contribution is -2.35. The molecule has 1 N–H and O–H groups in total. The summed E-state index contributed by atoms with van der Waals surface area (Å²) in [7, 11) is 0. The van der Waals surface area contributed by atoms with Crippen molar-refractivity contribution in [1.82, 2.24) is 5.32 Å². The quantitative estimate of drug-likeness (QED) is 0.820. The first-order chi connectivity index (χ1) is 12.0. The first-order valence-corrected chi connectivity index (χ1v) is 8.43. The highest BCUT2D eigenvalue weighted by Crippen LogP contribution is 2.31. The second-order valence-corrected chi connectivity index (χ2v) is 6.31. The molecule has 2 aromatic carbocycles. The molecule has 1 amide bonds. The van der Waals surface area contributed by atoms with Gasteiger partial charge in [0.1, 0.15) is 5.75 Å². The highest BCUT2D eigenvalue weighted by Gasteiger charge is 2.23. The number of rotatable bonds is 4. The number of para-hydroxylation sites is 1. The van der Waals surface area contributed by atoms with Crippen LogP contribution in [0.3, 0.4) is 0 Å². The summed E-state index contributed by atoms with van der Waals surface area (Å²) in [5.41, 5.74) is 1.15. The SMILES string of the molecule is O=C(COC(=O)c1ccc(Cl)c(Cl)c1)N[C@H]1CCOc2ccccc21. The predicted octanol–water partition coefficient (Wildman–Crippen LogP) is 3.79. The molecule has 0 saturated carbocycles. The number of esters is 1. The van der Waals surface area contributed by atoms with Gasteiger partial charge in [-0.25, -0.2) is 4.79 Å². The molecule has 2 aromatic rings. The minimum Gasteiger partial charge on any atom is -0.493 e. The molecule has 25 heavy (non-hydrogen) atoms. The molecule has 1 atom stereocenters. The number of benzene rings is 2. The number of amides is 1. The van der Waals surface area contributed by atoms with Gasteiger partial charge in [0.15, 0.2) is 6.61 Å². The van der Waals surface area contributed by atoms with Gasteiger partial charge in [0, 0.05) is 12.0 Å². The van der Waals surface area contributed by atoms with Gasteiger partial charge in [0.05, 0.1) is 28.3 Å². The lowest BCUT2D eigenvalue weighted by molar-refractivity contribution is -0.125. The van der Waals surface area contributed by atoms with Gasteiger partial charge >= 0.3 is 5.97 Å². The van der Waals surface area contributed by atoms with Crippen LogP contribution in [-0.2, 0) is 9.53 Å². The van der Waals surface area contributed by atoms with E-state index in [1.807, 2.05) is 24.3 Å². The van der Waals surface area contributed by atoms with E-state index in [1.165, 1.54) is 18.2 Å². The van der Waals surface area contributed by atoms with Gasteiger partial charge in [-0.1, -0.05) is 41.4 Å². The van der Waals surface area contributed by atoms with Crippen LogP contribution in [-0.4, -0.2) is 25.1 Å². The van der Waals surface area contributed by atoms with E-state index in [-0.39, 0.29) is 29.1 Å². The normalized spacial score (nSPS) is 15.7. The van der Waals surface area contributed by atoms with Crippen molar-refractivity contribution >= 4 is 35.1 Å². The largest absolute Gasteiger partial charge is 0.493 e. The van der Waals surface area contributed by atoms with Crippen molar-refractivity contribution in [2.24, 2.45) is 0 Å². The van der Waals surface area contributed by atoms with Crippen LogP contribution in [0.5, 0.6) is 5.75 Å². The zero-order valence-electron chi connectivity index (χ0n) is 13.1. The van der Waals surface area contributed by atoms with E-state index in [0.29, 0.717) is 18.1 Å². The molecular formula is C18H15Cl2NO4. The van der Waals surface area contributed by atoms with E-state index in [4.69, 9.17) is 32.7 Å². The van der Waals surface area contributed by atoms with E-state index in [1.54, 1.807) is 0 Å². The monoisotopic (exact) mass is 379 g/mol. The molecule has 1 aliphatic rings. The summed E-state index contributed by atoms with van der Waals surface area (Å²) >= 11 is 11.7. The van der Waals surface area contributed by atoms with Crippen LogP contribution in [0, 0.1) is 0 Å². The van der Waals surface area contributed by atoms with E-state index in [9.17, 15) is 9.59 Å². The van der Waals surface area contributed by atoms with Crippen molar-refractivity contribution in [2.45, 2.75) is 12.5 Å². The van der Waals surface area contributed by atoms with Crippen molar-refractivity contribution in [3.8, 4) is 5.75 Å². The summed E-state index contributed by atoms with van der Waals surface area (Å²) in [6.07, 6.45) is 0.656. The molecule has 0 aliphatic carbocycles. The van der Waals surface area contributed by atoms with E-state index >= 15 is 0 Å². The summed E-state index contributed by atoms with van der Waals surface area (Å²) in [5, 5.41) is 3.45. The van der Waals surface area contributed by atoms with Gasteiger partial charge in [-0.05, 0) is 24.3 Å². The van der Waals surface area contributed by atoms with Crippen LogP contribution in [0.2, 0.25) is 10.0 Å². The van der Waals surface area contributed by atoms with Crippen LogP contribution in [0.1, 0.15) is 28.4 Å². The highest BCUT2D eigenvalue weighted by atomic mass is 35.5. The Kier molecular flexibility index (Phi) is 5.46. The van der Waals surface area contributed by atoms with Crippen molar-refractivity contribution in [2.75, 3.05) is 13.2 Å². The zero-order chi connectivity index (χ0) is 17.8. The molecule has 0 radical (unpaired) electrons. The third kappa shape index (κ3) is 4.24. The molecular weight excluding hydrogens is 365 g/mol. The highest BCUT2D eigenvalue weighted by molar-refractivity contribution is 6.42. The Morgan fingerprint density at radius 2 is 1.96 bits per heavy atom. The van der Waals surface area contributed by atoms with Gasteiger partial charge in [-0.15, -0.1) is 0 Å². The summed E-state index contributed by atoms with van der Waals surface area (Å²) in [5.74, 6) is -0.261. The Labute approximate surface area is 154 Å². The Morgan fingerprint density at radius 3 is 2.76 bits per heavy atom. The van der Waals surface area contributed by atoms with Crippen molar-refractivity contribution in [1.29, 1.82) is 0 Å². The van der Waals surface area contributed by atoms with Crippen molar-refractivity contribution in [3.05, 3.63) is 63.6 Å². The number of carbonyl (C=O) groups is 2. The van der Waals surface area contributed by atoms with Gasteiger partial charge in [-0.2, -0.15) is 0 Å². The van der Waals surface area contributed by atoms with Crippen LogP contribution in [0.4, 0.5) is 0 Å². The number of carbonyl (C=O) groups excluding carboxylic acids is 2. The molecule has 0 spiro atoms.